The molecule has 1 aromatic carbocycles. The molecular weight excluding hydrogens is 238 g/mol. The van der Waals surface area contributed by atoms with Crippen LogP contribution in [0.4, 0.5) is 0 Å². The summed E-state index contributed by atoms with van der Waals surface area (Å²) >= 11 is 0. The molecule has 0 aliphatic carbocycles. The van der Waals surface area contributed by atoms with Gasteiger partial charge in [-0.3, -0.25) is 0 Å². The first-order valence-electron chi connectivity index (χ1n) is 6.40. The van der Waals surface area contributed by atoms with Crippen molar-refractivity contribution >= 4 is 0 Å². The van der Waals surface area contributed by atoms with Gasteiger partial charge in [-0.25, -0.2) is 4.98 Å². The van der Waals surface area contributed by atoms with Crippen molar-refractivity contribution in [3.05, 3.63) is 35.3 Å². The molecule has 0 spiro atoms. The summed E-state index contributed by atoms with van der Waals surface area (Å²) < 4.78 is 7.45. The Bertz CT molecular complexity index is 587. The van der Waals surface area contributed by atoms with E-state index in [0.29, 0.717) is 0 Å². The standard InChI is InChI=1S/C15H21N3O/c1-10-8-12(6-7-14(10)19-5)15-13(9-16-3)17-11(2)18(15)4/h6-8,16H,9H2,1-5H3. The minimum atomic E-state index is 0.766. The number of methoxy groups -OCH3 is 1. The lowest BCUT2D eigenvalue weighted by Crippen LogP contribution is -2.07. The van der Waals surface area contributed by atoms with E-state index < -0.39 is 0 Å². The third-order valence-electron chi connectivity index (χ3n) is 3.40. The molecule has 4 nitrogen and oxygen atoms in total. The highest BCUT2D eigenvalue weighted by molar-refractivity contribution is 5.65. The third kappa shape index (κ3) is 2.49. The second kappa shape index (κ2) is 5.45. The molecule has 0 unspecified atom stereocenters. The van der Waals surface area contributed by atoms with Crippen molar-refractivity contribution in [1.82, 2.24) is 14.9 Å². The van der Waals surface area contributed by atoms with Crippen LogP contribution >= 0.6 is 0 Å². The largest absolute Gasteiger partial charge is 0.496 e. The van der Waals surface area contributed by atoms with Gasteiger partial charge in [0.05, 0.1) is 18.5 Å². The molecule has 0 fully saturated rings. The second-order valence-electron chi connectivity index (χ2n) is 4.73. The Labute approximate surface area is 114 Å². The maximum absolute atomic E-state index is 5.31. The fourth-order valence-electron chi connectivity index (χ4n) is 2.36. The van der Waals surface area contributed by atoms with E-state index in [1.807, 2.05) is 20.0 Å². The van der Waals surface area contributed by atoms with Gasteiger partial charge in [0.1, 0.15) is 11.6 Å². The van der Waals surface area contributed by atoms with E-state index >= 15 is 0 Å². The van der Waals surface area contributed by atoms with Crippen LogP contribution in [0.2, 0.25) is 0 Å². The van der Waals surface area contributed by atoms with Crippen LogP contribution in [0.25, 0.3) is 11.3 Å². The Morgan fingerprint density at radius 3 is 2.63 bits per heavy atom. The van der Waals surface area contributed by atoms with Gasteiger partial charge in [-0.05, 0) is 44.7 Å². The lowest BCUT2D eigenvalue weighted by atomic mass is 10.1. The molecule has 2 rings (SSSR count). The first kappa shape index (κ1) is 13.6. The quantitative estimate of drug-likeness (QED) is 0.916. The third-order valence-corrected chi connectivity index (χ3v) is 3.40. The van der Waals surface area contributed by atoms with Crippen molar-refractivity contribution in [1.29, 1.82) is 0 Å². The molecule has 0 saturated heterocycles. The summed E-state index contributed by atoms with van der Waals surface area (Å²) in [6, 6.07) is 6.24. The average molecular weight is 259 g/mol. The van der Waals surface area contributed by atoms with Crippen LogP contribution in [-0.2, 0) is 13.6 Å². The van der Waals surface area contributed by atoms with Gasteiger partial charge in [-0.15, -0.1) is 0 Å². The zero-order chi connectivity index (χ0) is 14.0. The van der Waals surface area contributed by atoms with Crippen LogP contribution in [0, 0.1) is 13.8 Å². The minimum absolute atomic E-state index is 0.766. The monoisotopic (exact) mass is 259 g/mol. The summed E-state index contributed by atoms with van der Waals surface area (Å²) in [7, 11) is 5.69. The molecule has 1 aromatic heterocycles. The summed E-state index contributed by atoms with van der Waals surface area (Å²) in [5.74, 6) is 1.94. The van der Waals surface area contributed by atoms with Crippen molar-refractivity contribution in [3.8, 4) is 17.0 Å². The van der Waals surface area contributed by atoms with E-state index in [1.54, 1.807) is 7.11 Å². The van der Waals surface area contributed by atoms with Crippen LogP contribution in [0.5, 0.6) is 5.75 Å². The molecule has 1 N–H and O–H groups in total. The Morgan fingerprint density at radius 2 is 2.05 bits per heavy atom. The van der Waals surface area contributed by atoms with Gasteiger partial charge in [0.25, 0.3) is 0 Å². The van der Waals surface area contributed by atoms with E-state index in [9.17, 15) is 0 Å². The summed E-state index contributed by atoms with van der Waals surface area (Å²) in [6.07, 6.45) is 0. The van der Waals surface area contributed by atoms with Gasteiger partial charge in [0, 0.05) is 19.2 Å². The fourth-order valence-corrected chi connectivity index (χ4v) is 2.36. The van der Waals surface area contributed by atoms with Gasteiger partial charge in [-0.1, -0.05) is 0 Å². The SMILES string of the molecule is CNCc1nc(C)n(C)c1-c1ccc(OC)c(C)c1. The normalized spacial score (nSPS) is 10.8. The smallest absolute Gasteiger partial charge is 0.121 e. The molecule has 0 amide bonds. The number of aryl methyl sites for hydroxylation is 2. The fraction of sp³-hybridized carbons (Fsp3) is 0.400. The molecule has 19 heavy (non-hydrogen) atoms. The highest BCUT2D eigenvalue weighted by atomic mass is 16.5. The Kier molecular flexibility index (Phi) is 3.90. The zero-order valence-corrected chi connectivity index (χ0v) is 12.2. The number of rotatable bonds is 4. The summed E-state index contributed by atoms with van der Waals surface area (Å²) in [4.78, 5) is 4.62. The van der Waals surface area contributed by atoms with E-state index in [0.717, 1.165) is 35.1 Å². The van der Waals surface area contributed by atoms with Crippen molar-refractivity contribution < 1.29 is 4.74 Å². The number of benzene rings is 1. The average Bonchev–Trinajstić information content (AvgIpc) is 2.65. The molecule has 4 heteroatoms. The number of hydrogen-bond donors (Lipinski definition) is 1. The van der Waals surface area contributed by atoms with Crippen LogP contribution in [0.15, 0.2) is 18.2 Å². The molecule has 2 aromatic rings. The van der Waals surface area contributed by atoms with Crippen molar-refractivity contribution in [3.63, 3.8) is 0 Å². The number of hydrogen-bond acceptors (Lipinski definition) is 3. The second-order valence-corrected chi connectivity index (χ2v) is 4.73. The van der Waals surface area contributed by atoms with Crippen molar-refractivity contribution in [2.24, 2.45) is 7.05 Å². The predicted octanol–water partition coefficient (Wildman–Crippen LogP) is 2.43. The number of ether oxygens (including phenoxy) is 1. The lowest BCUT2D eigenvalue weighted by Gasteiger charge is -2.10. The minimum Gasteiger partial charge on any atom is -0.496 e. The topological polar surface area (TPSA) is 39.1 Å². The lowest BCUT2D eigenvalue weighted by molar-refractivity contribution is 0.412. The molecule has 0 aliphatic heterocycles. The molecule has 1 heterocycles. The van der Waals surface area contributed by atoms with Gasteiger partial charge in [0.2, 0.25) is 0 Å². The summed E-state index contributed by atoms with van der Waals surface area (Å²) in [5, 5.41) is 3.17. The number of imidazole rings is 1. The van der Waals surface area contributed by atoms with Crippen LogP contribution < -0.4 is 10.1 Å². The molecule has 0 aliphatic rings. The van der Waals surface area contributed by atoms with Crippen LogP contribution in [-0.4, -0.2) is 23.7 Å². The van der Waals surface area contributed by atoms with E-state index in [-0.39, 0.29) is 0 Å². The van der Waals surface area contributed by atoms with Crippen LogP contribution in [0.1, 0.15) is 17.1 Å². The van der Waals surface area contributed by atoms with Gasteiger partial charge in [-0.2, -0.15) is 0 Å². The number of aromatic nitrogens is 2. The van der Waals surface area contributed by atoms with Gasteiger partial charge in [0.15, 0.2) is 0 Å². The van der Waals surface area contributed by atoms with E-state index in [4.69, 9.17) is 4.74 Å². The molecule has 0 saturated carbocycles. The maximum Gasteiger partial charge on any atom is 0.121 e. The summed E-state index contributed by atoms with van der Waals surface area (Å²) in [5.41, 5.74) is 4.55. The zero-order valence-electron chi connectivity index (χ0n) is 12.2. The van der Waals surface area contributed by atoms with Gasteiger partial charge < -0.3 is 14.6 Å². The maximum atomic E-state index is 5.31. The molecule has 0 radical (unpaired) electrons. The number of nitrogens with one attached hydrogen (secondary N) is 1. The molecule has 0 atom stereocenters. The van der Waals surface area contributed by atoms with Crippen LogP contribution in [0.3, 0.4) is 0 Å². The number of nitrogens with zero attached hydrogens (tertiary/aromatic N) is 2. The predicted molar refractivity (Wildman–Crippen MR) is 77.4 cm³/mol. The Hall–Kier alpha value is -1.81. The van der Waals surface area contributed by atoms with Gasteiger partial charge >= 0.3 is 0 Å². The molecule has 102 valence electrons. The molecular formula is C15H21N3O. The van der Waals surface area contributed by atoms with Crippen molar-refractivity contribution in [2.45, 2.75) is 20.4 Å². The Morgan fingerprint density at radius 1 is 1.32 bits per heavy atom. The highest BCUT2D eigenvalue weighted by Crippen LogP contribution is 2.28. The Balaban J connectivity index is 2.54. The highest BCUT2D eigenvalue weighted by Gasteiger charge is 2.14. The van der Waals surface area contributed by atoms with E-state index in [2.05, 4.69) is 41.0 Å². The summed E-state index contributed by atoms with van der Waals surface area (Å²) in [6.45, 7) is 4.85. The molecule has 0 bridgehead atoms. The first-order chi connectivity index (χ1) is 9.08. The van der Waals surface area contributed by atoms with E-state index in [1.165, 1.54) is 5.56 Å². The first-order valence-corrected chi connectivity index (χ1v) is 6.40. The van der Waals surface area contributed by atoms with Crippen molar-refractivity contribution in [2.75, 3.05) is 14.2 Å².